The van der Waals surface area contributed by atoms with E-state index in [2.05, 4.69) is 0 Å². The van der Waals surface area contributed by atoms with Crippen LogP contribution in [0, 0.1) is 0 Å². The topological polar surface area (TPSA) is 47.3 Å². The monoisotopic (exact) mass is 318 g/mol. The van der Waals surface area contributed by atoms with Crippen molar-refractivity contribution in [1.29, 1.82) is 0 Å². The molecule has 3 rings (SSSR count). The number of benzene rings is 1. The molecule has 0 atom stereocenters. The van der Waals surface area contributed by atoms with Gasteiger partial charge < -0.3 is 4.42 Å². The van der Waals surface area contributed by atoms with Crippen molar-refractivity contribution in [2.24, 2.45) is 0 Å². The number of hydrogen-bond donors (Lipinski definition) is 0. The molecule has 1 aromatic heterocycles. The summed E-state index contributed by atoms with van der Waals surface area (Å²) in [6, 6.07) is 12.2. The van der Waals surface area contributed by atoms with Crippen LogP contribution in [0.25, 0.3) is 22.3 Å². The van der Waals surface area contributed by atoms with Gasteiger partial charge in [-0.3, -0.25) is 9.59 Å². The first kappa shape index (κ1) is 13.9. The summed E-state index contributed by atoms with van der Waals surface area (Å²) >= 11 is 12.0. The zero-order valence-electron chi connectivity index (χ0n) is 10.6. The van der Waals surface area contributed by atoms with E-state index in [1.54, 1.807) is 36.4 Å². The maximum Gasteiger partial charge on any atom is 0.221 e. The van der Waals surface area contributed by atoms with Gasteiger partial charge in [0.25, 0.3) is 0 Å². The van der Waals surface area contributed by atoms with Gasteiger partial charge in [-0.25, -0.2) is 0 Å². The Morgan fingerprint density at radius 3 is 2.38 bits per heavy atom. The van der Waals surface area contributed by atoms with Crippen molar-refractivity contribution in [3.05, 3.63) is 79.0 Å². The first-order chi connectivity index (χ1) is 10.1. The molecule has 104 valence electrons. The summed E-state index contributed by atoms with van der Waals surface area (Å²) in [5.41, 5.74) is -0.149. The molecular formula is C16H8Cl2O3. The van der Waals surface area contributed by atoms with Gasteiger partial charge in [-0.1, -0.05) is 35.3 Å². The van der Waals surface area contributed by atoms with E-state index >= 15 is 0 Å². The second-order valence-corrected chi connectivity index (χ2v) is 5.27. The van der Waals surface area contributed by atoms with Crippen LogP contribution in [0.4, 0.5) is 0 Å². The highest BCUT2D eigenvalue weighted by atomic mass is 35.5. The fourth-order valence-corrected chi connectivity index (χ4v) is 2.54. The van der Waals surface area contributed by atoms with Crippen LogP contribution in [0.5, 0.6) is 0 Å². The first-order valence-corrected chi connectivity index (χ1v) is 6.84. The van der Waals surface area contributed by atoms with Gasteiger partial charge in [-0.2, -0.15) is 0 Å². The Labute approximate surface area is 129 Å². The van der Waals surface area contributed by atoms with E-state index in [1.165, 1.54) is 12.1 Å². The van der Waals surface area contributed by atoms with E-state index in [1.807, 2.05) is 0 Å². The summed E-state index contributed by atoms with van der Waals surface area (Å²) in [6.45, 7) is 0. The molecule has 0 fully saturated rings. The van der Waals surface area contributed by atoms with Gasteiger partial charge in [0.2, 0.25) is 5.43 Å². The zero-order valence-corrected chi connectivity index (χ0v) is 12.1. The second kappa shape index (κ2) is 5.35. The molecule has 0 amide bonds. The summed E-state index contributed by atoms with van der Waals surface area (Å²) in [4.78, 5) is 24.1. The van der Waals surface area contributed by atoms with Crippen LogP contribution >= 0.6 is 23.2 Å². The van der Waals surface area contributed by atoms with Crippen molar-refractivity contribution in [2.75, 3.05) is 0 Å². The molecule has 0 radical (unpaired) electrons. The van der Waals surface area contributed by atoms with E-state index < -0.39 is 0 Å². The highest BCUT2D eigenvalue weighted by Crippen LogP contribution is 2.30. The van der Waals surface area contributed by atoms with Gasteiger partial charge in [0, 0.05) is 16.7 Å². The average molecular weight is 319 g/mol. The van der Waals surface area contributed by atoms with E-state index in [-0.39, 0.29) is 27.6 Å². The highest BCUT2D eigenvalue weighted by molar-refractivity contribution is 6.36. The molecule has 3 aromatic rings. The third-order valence-corrected chi connectivity index (χ3v) is 3.57. The van der Waals surface area contributed by atoms with Crippen molar-refractivity contribution in [1.82, 2.24) is 0 Å². The van der Waals surface area contributed by atoms with Crippen LogP contribution in [0.3, 0.4) is 0 Å². The molecule has 2 aromatic carbocycles. The summed E-state index contributed by atoms with van der Waals surface area (Å²) < 4.78 is 5.60. The Balaban J connectivity index is 2.39. The average Bonchev–Trinajstić information content (AvgIpc) is 2.62. The van der Waals surface area contributed by atoms with Crippen molar-refractivity contribution in [2.45, 2.75) is 0 Å². The number of halogens is 2. The second-order valence-electron chi connectivity index (χ2n) is 4.42. The Morgan fingerprint density at radius 2 is 1.62 bits per heavy atom. The summed E-state index contributed by atoms with van der Waals surface area (Å²) in [6.07, 6.45) is 0. The van der Waals surface area contributed by atoms with Crippen LogP contribution in [-0.2, 0) is 0 Å². The molecular weight excluding hydrogens is 311 g/mol. The standard InChI is InChI=1S/C16H8Cl2O3/c17-9-5-6-10(12(18)7-9)15-8-14(20)11-3-1-2-4-13(19)16(11)21-15/h1-8H. The molecule has 0 bridgehead atoms. The van der Waals surface area contributed by atoms with Gasteiger partial charge in [0.15, 0.2) is 11.0 Å². The molecule has 1 heterocycles. The maximum absolute atomic E-state index is 12.2. The van der Waals surface area contributed by atoms with Crippen LogP contribution < -0.4 is 10.9 Å². The fourth-order valence-electron chi connectivity index (χ4n) is 2.04. The summed E-state index contributed by atoms with van der Waals surface area (Å²) in [5, 5.41) is 1.05. The van der Waals surface area contributed by atoms with Crippen LogP contribution in [0.15, 0.2) is 62.5 Å². The van der Waals surface area contributed by atoms with Crippen LogP contribution in [0.2, 0.25) is 10.0 Å². The Kier molecular flexibility index (Phi) is 3.53. The van der Waals surface area contributed by atoms with E-state index in [4.69, 9.17) is 27.6 Å². The smallest absolute Gasteiger partial charge is 0.221 e. The molecule has 0 saturated carbocycles. The number of fused-ring (bicyclic) bond motifs is 1. The van der Waals surface area contributed by atoms with Gasteiger partial charge in [0.1, 0.15) is 5.76 Å². The molecule has 0 unspecified atom stereocenters. The summed E-state index contributed by atoms with van der Waals surface area (Å²) in [7, 11) is 0. The van der Waals surface area contributed by atoms with Gasteiger partial charge in [0.05, 0.1) is 10.4 Å². The van der Waals surface area contributed by atoms with E-state index in [0.717, 1.165) is 0 Å². The lowest BCUT2D eigenvalue weighted by atomic mass is 10.1. The molecule has 5 heteroatoms. The Bertz CT molecular complexity index is 961. The van der Waals surface area contributed by atoms with Crippen molar-refractivity contribution < 1.29 is 4.42 Å². The molecule has 0 N–H and O–H groups in total. The fraction of sp³-hybridized carbons (Fsp3) is 0. The predicted molar refractivity (Wildman–Crippen MR) is 84.2 cm³/mol. The molecule has 0 saturated heterocycles. The van der Waals surface area contributed by atoms with Crippen LogP contribution in [0.1, 0.15) is 0 Å². The molecule has 0 aliphatic heterocycles. The van der Waals surface area contributed by atoms with Gasteiger partial charge in [-0.05, 0) is 30.3 Å². The minimum atomic E-state index is -0.362. The molecule has 0 spiro atoms. The Hall–Kier alpha value is -2.10. The number of hydrogen-bond acceptors (Lipinski definition) is 3. The number of rotatable bonds is 1. The van der Waals surface area contributed by atoms with Gasteiger partial charge >= 0.3 is 0 Å². The van der Waals surface area contributed by atoms with Crippen molar-refractivity contribution >= 4 is 34.2 Å². The third-order valence-electron chi connectivity index (χ3n) is 3.03. The maximum atomic E-state index is 12.2. The largest absolute Gasteiger partial charge is 0.452 e. The van der Waals surface area contributed by atoms with Gasteiger partial charge in [-0.15, -0.1) is 0 Å². The molecule has 3 nitrogen and oxygen atoms in total. The third kappa shape index (κ3) is 2.58. The molecule has 0 aliphatic rings. The highest BCUT2D eigenvalue weighted by Gasteiger charge is 2.11. The quantitative estimate of drug-likeness (QED) is 0.677. The lowest BCUT2D eigenvalue weighted by Gasteiger charge is -2.04. The van der Waals surface area contributed by atoms with E-state index in [0.29, 0.717) is 15.6 Å². The van der Waals surface area contributed by atoms with Crippen LogP contribution in [-0.4, -0.2) is 0 Å². The van der Waals surface area contributed by atoms with Crippen molar-refractivity contribution in [3.8, 4) is 11.3 Å². The molecule has 21 heavy (non-hydrogen) atoms. The lowest BCUT2D eigenvalue weighted by molar-refractivity contribution is 0.616. The lowest BCUT2D eigenvalue weighted by Crippen LogP contribution is -2.05. The van der Waals surface area contributed by atoms with Crippen molar-refractivity contribution in [3.63, 3.8) is 0 Å². The first-order valence-electron chi connectivity index (χ1n) is 6.09. The Morgan fingerprint density at radius 1 is 0.857 bits per heavy atom. The zero-order chi connectivity index (χ0) is 15.0. The minimum Gasteiger partial charge on any atom is -0.452 e. The van der Waals surface area contributed by atoms with E-state index in [9.17, 15) is 9.59 Å². The summed E-state index contributed by atoms with van der Waals surface area (Å²) in [5.74, 6) is 0.234. The predicted octanol–water partition coefficient (Wildman–Crippen LogP) is 4.13. The molecule has 0 aliphatic carbocycles. The SMILES string of the molecule is O=c1cc(-c2ccc(Cl)cc2Cl)oc2c(=O)ccccc12. The normalized spacial score (nSPS) is 10.8. The minimum absolute atomic E-state index is 0.00789.